The third-order valence-electron chi connectivity index (χ3n) is 6.15. The Morgan fingerprint density at radius 1 is 0.714 bits per heavy atom. The number of rotatable bonds is 19. The van der Waals surface area contributed by atoms with Crippen LogP contribution in [0.3, 0.4) is 0 Å². The molecule has 0 radical (unpaired) electrons. The molecular formula is C29H48ClN3O2. The number of nitrogens with zero attached hydrogens (tertiary/aromatic N) is 1. The van der Waals surface area contributed by atoms with Crippen molar-refractivity contribution < 1.29 is 9.59 Å². The Balaban J connectivity index is 2.46. The molecule has 1 rings (SSSR count). The molecule has 2 amide bonds. The van der Waals surface area contributed by atoms with E-state index in [4.69, 9.17) is 11.6 Å². The summed E-state index contributed by atoms with van der Waals surface area (Å²) in [5.41, 5.74) is 0.449. The second-order valence-electron chi connectivity index (χ2n) is 9.40. The molecule has 0 unspecified atom stereocenters. The van der Waals surface area contributed by atoms with Crippen LogP contribution in [0, 0.1) is 0 Å². The highest BCUT2D eigenvalue weighted by Crippen LogP contribution is 2.11. The quantitative estimate of drug-likeness (QED) is 0.114. The lowest BCUT2D eigenvalue weighted by molar-refractivity contribution is -0.115. The van der Waals surface area contributed by atoms with Gasteiger partial charge in [0, 0.05) is 23.7 Å². The van der Waals surface area contributed by atoms with Crippen molar-refractivity contribution in [2.75, 3.05) is 13.1 Å². The standard InChI is InChI=1S/C29H48ClN3O2/c1-3-5-7-9-11-13-15-17-23-31-27(33-28(34)25-19-21-26(30)22-20-25)29(35)32-24-18-16-14-12-10-8-6-4-2/h19-22H,3-18,23-24H2,1-2H3,(H,32,35)(H,31,33,34). The van der Waals surface area contributed by atoms with E-state index < -0.39 is 0 Å². The van der Waals surface area contributed by atoms with Gasteiger partial charge in [0.25, 0.3) is 11.8 Å². The lowest BCUT2D eigenvalue weighted by Crippen LogP contribution is -2.43. The van der Waals surface area contributed by atoms with Crippen molar-refractivity contribution in [2.24, 2.45) is 4.99 Å². The summed E-state index contributed by atoms with van der Waals surface area (Å²) < 4.78 is 0. The Kier molecular flexibility index (Phi) is 19.1. The fourth-order valence-corrected chi connectivity index (χ4v) is 4.06. The van der Waals surface area contributed by atoms with Crippen molar-refractivity contribution >= 4 is 29.3 Å². The summed E-state index contributed by atoms with van der Waals surface area (Å²) in [6, 6.07) is 6.62. The highest BCUT2D eigenvalue weighted by Gasteiger charge is 2.15. The van der Waals surface area contributed by atoms with Gasteiger partial charge in [-0.3, -0.25) is 14.6 Å². The molecule has 0 fully saturated rings. The van der Waals surface area contributed by atoms with Crippen LogP contribution in [0.1, 0.15) is 127 Å². The number of hydrogen-bond acceptors (Lipinski definition) is 3. The number of aliphatic imine (C=N–C) groups is 1. The molecule has 6 heteroatoms. The summed E-state index contributed by atoms with van der Waals surface area (Å²) in [6.07, 6.45) is 19.3. The van der Waals surface area contributed by atoms with Gasteiger partial charge in [-0.25, -0.2) is 0 Å². The number of halogens is 1. The maximum absolute atomic E-state index is 12.8. The Morgan fingerprint density at radius 3 is 1.74 bits per heavy atom. The fourth-order valence-electron chi connectivity index (χ4n) is 3.93. The molecule has 0 bridgehead atoms. The fraction of sp³-hybridized carbons (Fsp3) is 0.690. The second kappa shape index (κ2) is 21.4. The Hall–Kier alpha value is -1.88. The van der Waals surface area contributed by atoms with Crippen LogP contribution in [-0.4, -0.2) is 30.7 Å². The molecule has 0 aliphatic carbocycles. The van der Waals surface area contributed by atoms with Crippen molar-refractivity contribution in [1.29, 1.82) is 0 Å². The number of hydrogen-bond donors (Lipinski definition) is 2. The summed E-state index contributed by atoms with van der Waals surface area (Å²) in [5.74, 6) is -0.555. The molecule has 1 aromatic carbocycles. The number of carbonyl (C=O) groups excluding carboxylic acids is 2. The number of amidine groups is 1. The molecule has 2 N–H and O–H groups in total. The lowest BCUT2D eigenvalue weighted by Gasteiger charge is -2.10. The predicted octanol–water partition coefficient (Wildman–Crippen LogP) is 7.87. The maximum atomic E-state index is 12.8. The largest absolute Gasteiger partial charge is 0.349 e. The maximum Gasteiger partial charge on any atom is 0.286 e. The third kappa shape index (κ3) is 16.4. The summed E-state index contributed by atoms with van der Waals surface area (Å²) in [4.78, 5) is 29.9. The SMILES string of the molecule is CCCCCCCCCCN=C(NC(=O)c1ccc(Cl)cc1)C(=O)NCCCCCCCCCC. The Labute approximate surface area is 218 Å². The van der Waals surface area contributed by atoms with Gasteiger partial charge in [0.15, 0.2) is 5.84 Å². The first-order valence-corrected chi connectivity index (χ1v) is 14.4. The van der Waals surface area contributed by atoms with Crippen LogP contribution in [-0.2, 0) is 4.79 Å². The van der Waals surface area contributed by atoms with Crippen LogP contribution >= 0.6 is 11.6 Å². The predicted molar refractivity (Wildman–Crippen MR) is 149 cm³/mol. The summed E-state index contributed by atoms with van der Waals surface area (Å²) >= 11 is 5.92. The van der Waals surface area contributed by atoms with Crippen LogP contribution in [0.15, 0.2) is 29.3 Å². The summed E-state index contributed by atoms with van der Waals surface area (Å²) in [6.45, 7) is 5.60. The second-order valence-corrected chi connectivity index (χ2v) is 9.83. The zero-order chi connectivity index (χ0) is 25.6. The Morgan fingerprint density at radius 2 is 1.20 bits per heavy atom. The van der Waals surface area contributed by atoms with Gasteiger partial charge in [-0.2, -0.15) is 0 Å². The molecular weight excluding hydrogens is 458 g/mol. The van der Waals surface area contributed by atoms with Gasteiger partial charge in [0.05, 0.1) is 0 Å². The zero-order valence-corrected chi connectivity index (χ0v) is 22.9. The first kappa shape index (κ1) is 31.2. The lowest BCUT2D eigenvalue weighted by atomic mass is 10.1. The molecule has 0 aliphatic heterocycles. The molecule has 0 aliphatic rings. The number of amides is 2. The minimum atomic E-state index is -0.349. The van der Waals surface area contributed by atoms with Crippen molar-refractivity contribution in [3.63, 3.8) is 0 Å². The average molecular weight is 506 g/mol. The van der Waals surface area contributed by atoms with Crippen molar-refractivity contribution in [1.82, 2.24) is 10.6 Å². The molecule has 0 heterocycles. The molecule has 1 aromatic rings. The Bertz CT molecular complexity index is 719. The number of benzene rings is 1. The number of nitrogens with one attached hydrogen (secondary N) is 2. The van der Waals surface area contributed by atoms with Gasteiger partial charge in [-0.05, 0) is 37.1 Å². The van der Waals surface area contributed by atoms with Crippen molar-refractivity contribution in [3.05, 3.63) is 34.9 Å². The van der Waals surface area contributed by atoms with E-state index in [1.54, 1.807) is 24.3 Å². The molecule has 0 saturated heterocycles. The summed E-state index contributed by atoms with van der Waals surface area (Å²) in [5, 5.41) is 6.21. The summed E-state index contributed by atoms with van der Waals surface area (Å²) in [7, 11) is 0. The highest BCUT2D eigenvalue weighted by atomic mass is 35.5. The highest BCUT2D eigenvalue weighted by molar-refractivity contribution is 6.41. The monoisotopic (exact) mass is 505 g/mol. The van der Waals surface area contributed by atoms with Gasteiger partial charge >= 0.3 is 0 Å². The third-order valence-corrected chi connectivity index (χ3v) is 6.40. The first-order valence-electron chi connectivity index (χ1n) is 14.0. The van der Waals surface area contributed by atoms with Crippen molar-refractivity contribution in [2.45, 2.75) is 117 Å². The molecule has 0 aromatic heterocycles. The van der Waals surface area contributed by atoms with Gasteiger partial charge < -0.3 is 10.6 Å². The van der Waals surface area contributed by atoms with Crippen LogP contribution in [0.5, 0.6) is 0 Å². The zero-order valence-electron chi connectivity index (χ0n) is 22.2. The number of unbranched alkanes of at least 4 members (excludes halogenated alkanes) is 14. The van der Waals surface area contributed by atoms with E-state index in [0.29, 0.717) is 23.7 Å². The topological polar surface area (TPSA) is 70.6 Å². The van der Waals surface area contributed by atoms with Crippen LogP contribution in [0.25, 0.3) is 0 Å². The van der Waals surface area contributed by atoms with Crippen LogP contribution < -0.4 is 10.6 Å². The van der Waals surface area contributed by atoms with E-state index >= 15 is 0 Å². The minimum Gasteiger partial charge on any atom is -0.349 e. The van der Waals surface area contributed by atoms with E-state index in [1.807, 2.05) is 0 Å². The van der Waals surface area contributed by atoms with Gasteiger partial charge in [0.2, 0.25) is 0 Å². The van der Waals surface area contributed by atoms with E-state index in [1.165, 1.54) is 77.0 Å². The molecule has 5 nitrogen and oxygen atoms in total. The van der Waals surface area contributed by atoms with Gasteiger partial charge in [-0.1, -0.05) is 115 Å². The smallest absolute Gasteiger partial charge is 0.286 e. The molecule has 198 valence electrons. The van der Waals surface area contributed by atoms with E-state index in [9.17, 15) is 9.59 Å². The average Bonchev–Trinajstić information content (AvgIpc) is 2.86. The van der Waals surface area contributed by atoms with Crippen LogP contribution in [0.2, 0.25) is 5.02 Å². The molecule has 0 atom stereocenters. The minimum absolute atomic E-state index is 0.104. The van der Waals surface area contributed by atoms with Gasteiger partial charge in [-0.15, -0.1) is 0 Å². The van der Waals surface area contributed by atoms with Crippen molar-refractivity contribution in [3.8, 4) is 0 Å². The van der Waals surface area contributed by atoms with E-state index in [2.05, 4.69) is 29.5 Å². The van der Waals surface area contributed by atoms with E-state index in [-0.39, 0.29) is 17.6 Å². The van der Waals surface area contributed by atoms with Gasteiger partial charge in [0.1, 0.15) is 0 Å². The molecule has 35 heavy (non-hydrogen) atoms. The normalized spacial score (nSPS) is 11.5. The van der Waals surface area contributed by atoms with E-state index in [0.717, 1.165) is 25.7 Å². The molecule has 0 saturated carbocycles. The van der Waals surface area contributed by atoms with Crippen LogP contribution in [0.4, 0.5) is 0 Å². The molecule has 0 spiro atoms. The first-order chi connectivity index (χ1) is 17.1. The number of carbonyl (C=O) groups is 2.